The minimum absolute atomic E-state index is 0.0674. The third-order valence-electron chi connectivity index (χ3n) is 6.12. The second kappa shape index (κ2) is 8.41. The number of rotatable bonds is 3. The number of nitrogens with zero attached hydrogens (tertiary/aromatic N) is 4. The summed E-state index contributed by atoms with van der Waals surface area (Å²) >= 11 is 6.02. The lowest BCUT2D eigenvalue weighted by atomic mass is 9.99. The molecule has 2 aromatic carbocycles. The smallest absolute Gasteiger partial charge is 0.355 e. The molecular weight excluding hydrogens is 500 g/mol. The molecule has 0 saturated carbocycles. The Morgan fingerprint density at radius 1 is 1.03 bits per heavy atom. The zero-order valence-corrected chi connectivity index (χ0v) is 18.9. The third-order valence-corrected chi connectivity index (χ3v) is 6.41. The summed E-state index contributed by atoms with van der Waals surface area (Å²) in [6.45, 7) is 0.438. The Hall–Kier alpha value is -3.78. The summed E-state index contributed by atoms with van der Waals surface area (Å²) in [5, 5.41) is 29.6. The molecule has 0 fully saturated rings. The van der Waals surface area contributed by atoms with Crippen LogP contribution in [0, 0.1) is 17.1 Å². The van der Waals surface area contributed by atoms with Gasteiger partial charge in [0.15, 0.2) is 0 Å². The van der Waals surface area contributed by atoms with Crippen LogP contribution in [0.2, 0.25) is 5.02 Å². The lowest BCUT2D eigenvalue weighted by molar-refractivity contribution is -0.358. The van der Waals surface area contributed by atoms with Gasteiger partial charge in [0.25, 0.3) is 5.79 Å². The van der Waals surface area contributed by atoms with E-state index in [2.05, 4.69) is 16.0 Å². The van der Waals surface area contributed by atoms with Crippen LogP contribution in [0.25, 0.3) is 22.0 Å². The fourth-order valence-electron chi connectivity index (χ4n) is 4.30. The number of nitriles is 1. The molecule has 1 aliphatic rings. The van der Waals surface area contributed by atoms with E-state index in [1.807, 2.05) is 4.90 Å². The molecule has 36 heavy (non-hydrogen) atoms. The Labute approximate surface area is 206 Å². The number of aliphatic hydroxyl groups is 2. The molecule has 3 heterocycles. The van der Waals surface area contributed by atoms with E-state index in [9.17, 15) is 33.0 Å². The van der Waals surface area contributed by atoms with Crippen molar-refractivity contribution in [2.24, 2.45) is 0 Å². The van der Waals surface area contributed by atoms with E-state index in [0.29, 0.717) is 46.4 Å². The van der Waals surface area contributed by atoms with E-state index in [4.69, 9.17) is 11.6 Å². The summed E-state index contributed by atoms with van der Waals surface area (Å²) in [4.78, 5) is 9.90. The number of hydrogen-bond donors (Lipinski definition) is 2. The molecule has 0 bridgehead atoms. The number of alkyl halides is 3. The van der Waals surface area contributed by atoms with Crippen LogP contribution in [0.5, 0.6) is 0 Å². The number of halogens is 5. The van der Waals surface area contributed by atoms with Gasteiger partial charge < -0.3 is 15.1 Å². The van der Waals surface area contributed by atoms with Gasteiger partial charge in [-0.25, -0.2) is 4.39 Å². The van der Waals surface area contributed by atoms with Gasteiger partial charge in [0.2, 0.25) is 0 Å². The predicted molar refractivity (Wildman–Crippen MR) is 124 cm³/mol. The molecule has 5 rings (SSSR count). The van der Waals surface area contributed by atoms with E-state index in [-0.39, 0.29) is 16.1 Å². The summed E-state index contributed by atoms with van der Waals surface area (Å²) in [6, 6.07) is 10.8. The highest BCUT2D eigenvalue weighted by molar-refractivity contribution is 6.31. The maximum Gasteiger partial charge on any atom is 0.447 e. The number of hydrogen-bond acceptors (Lipinski definition) is 6. The van der Waals surface area contributed by atoms with Crippen molar-refractivity contribution in [3.8, 4) is 17.2 Å². The zero-order chi connectivity index (χ0) is 25.8. The molecule has 0 unspecified atom stereocenters. The van der Waals surface area contributed by atoms with Gasteiger partial charge in [-0.05, 0) is 47.9 Å². The van der Waals surface area contributed by atoms with Crippen LogP contribution in [0.3, 0.4) is 0 Å². The number of benzene rings is 2. The molecule has 2 aromatic heterocycles. The Morgan fingerprint density at radius 3 is 2.53 bits per heavy atom. The molecule has 11 heteroatoms. The topological polar surface area (TPSA) is 93.3 Å². The average Bonchev–Trinajstić information content (AvgIpc) is 3.24. The molecule has 0 amide bonds. The molecule has 0 aliphatic carbocycles. The van der Waals surface area contributed by atoms with Crippen molar-refractivity contribution in [1.29, 1.82) is 5.26 Å². The maximum absolute atomic E-state index is 14.0. The number of fused-ring (bicyclic) bond motifs is 2. The predicted octanol–water partition coefficient (Wildman–Crippen LogP) is 5.35. The fraction of sp³-hybridized carbons (Fsp3) is 0.160. The van der Waals surface area contributed by atoms with Crippen molar-refractivity contribution in [2.75, 3.05) is 11.4 Å². The van der Waals surface area contributed by atoms with Crippen molar-refractivity contribution >= 4 is 33.9 Å². The molecule has 0 spiro atoms. The van der Waals surface area contributed by atoms with E-state index < -0.39 is 23.3 Å². The van der Waals surface area contributed by atoms with Gasteiger partial charge >= 0.3 is 6.18 Å². The van der Waals surface area contributed by atoms with Crippen molar-refractivity contribution in [3.05, 3.63) is 82.5 Å². The van der Waals surface area contributed by atoms with E-state index in [1.165, 1.54) is 24.5 Å². The van der Waals surface area contributed by atoms with Gasteiger partial charge in [0.1, 0.15) is 11.9 Å². The second-order valence-corrected chi connectivity index (χ2v) is 8.70. The number of aromatic nitrogens is 2. The number of pyridine rings is 2. The molecule has 0 atom stereocenters. The van der Waals surface area contributed by atoms with Crippen LogP contribution >= 0.6 is 11.6 Å². The van der Waals surface area contributed by atoms with Crippen LogP contribution in [0.4, 0.5) is 28.9 Å². The van der Waals surface area contributed by atoms with Crippen molar-refractivity contribution in [2.45, 2.75) is 18.4 Å². The largest absolute Gasteiger partial charge is 0.447 e. The van der Waals surface area contributed by atoms with Crippen LogP contribution in [0.1, 0.15) is 16.7 Å². The van der Waals surface area contributed by atoms with Gasteiger partial charge in [-0.1, -0.05) is 17.7 Å². The van der Waals surface area contributed by atoms with Gasteiger partial charge in [0.05, 0.1) is 21.8 Å². The van der Waals surface area contributed by atoms with E-state index in [1.54, 1.807) is 18.2 Å². The summed E-state index contributed by atoms with van der Waals surface area (Å²) in [6.07, 6.45) is -1.40. The maximum atomic E-state index is 14.0. The third kappa shape index (κ3) is 3.82. The second-order valence-electron chi connectivity index (χ2n) is 8.29. The Morgan fingerprint density at radius 2 is 1.81 bits per heavy atom. The fourth-order valence-corrected chi connectivity index (χ4v) is 4.45. The van der Waals surface area contributed by atoms with Crippen molar-refractivity contribution in [3.63, 3.8) is 0 Å². The molecular formula is C25H15ClF4N4O2. The van der Waals surface area contributed by atoms with Gasteiger partial charge in [0, 0.05) is 47.3 Å². The normalized spacial score (nSPS) is 13.7. The Balaban J connectivity index is 1.68. The summed E-state index contributed by atoms with van der Waals surface area (Å²) < 4.78 is 53.4. The van der Waals surface area contributed by atoms with Crippen molar-refractivity contribution in [1.82, 2.24) is 9.97 Å². The average molecular weight is 515 g/mol. The lowest BCUT2D eigenvalue weighted by Gasteiger charge is -2.25. The number of anilines is 2. The summed E-state index contributed by atoms with van der Waals surface area (Å²) in [5.74, 6) is -4.63. The summed E-state index contributed by atoms with van der Waals surface area (Å²) in [5.41, 5.74) is 2.33. The first-order valence-corrected chi connectivity index (χ1v) is 10.9. The Kier molecular flexibility index (Phi) is 5.59. The van der Waals surface area contributed by atoms with Crippen LogP contribution in [0.15, 0.2) is 55.0 Å². The van der Waals surface area contributed by atoms with Crippen molar-refractivity contribution < 1.29 is 27.8 Å². The first-order chi connectivity index (χ1) is 17.0. The molecule has 182 valence electrons. The highest BCUT2D eigenvalue weighted by Gasteiger charge is 2.54. The minimum atomic E-state index is -5.33. The zero-order valence-electron chi connectivity index (χ0n) is 18.2. The standard InChI is InChI=1S/C25H15ClF4N4O2/c26-19-8-22-14(7-20(19)27)3-4-34(22)23-16(9-31)11-33-21-2-1-13(6-18(21)23)15-5-17(12-32-10-15)24(35,36)25(28,29)30/h1-2,5-8,10-12,35-36H,3-4H2. The molecule has 2 N–H and O–H groups in total. The molecule has 6 nitrogen and oxygen atoms in total. The van der Waals surface area contributed by atoms with Gasteiger partial charge in [-0.2, -0.15) is 18.4 Å². The van der Waals surface area contributed by atoms with Crippen LogP contribution < -0.4 is 4.90 Å². The minimum Gasteiger partial charge on any atom is -0.355 e. The highest BCUT2D eigenvalue weighted by atomic mass is 35.5. The monoisotopic (exact) mass is 514 g/mol. The first-order valence-electron chi connectivity index (χ1n) is 10.6. The SMILES string of the molecule is N#Cc1cnc2ccc(-c3cncc(C(O)(O)C(F)(F)F)c3)cc2c1N1CCc2cc(F)c(Cl)cc21. The first kappa shape index (κ1) is 23.9. The highest BCUT2D eigenvalue weighted by Crippen LogP contribution is 2.43. The lowest BCUT2D eigenvalue weighted by Crippen LogP contribution is -2.42. The van der Waals surface area contributed by atoms with Gasteiger partial charge in [-0.15, -0.1) is 0 Å². The summed E-state index contributed by atoms with van der Waals surface area (Å²) in [7, 11) is 0. The van der Waals surface area contributed by atoms with E-state index >= 15 is 0 Å². The molecule has 4 aromatic rings. The van der Waals surface area contributed by atoms with E-state index in [0.717, 1.165) is 12.3 Å². The quantitative estimate of drug-likeness (QED) is 0.283. The molecule has 0 radical (unpaired) electrons. The molecule has 0 saturated heterocycles. The molecule has 1 aliphatic heterocycles. The van der Waals surface area contributed by atoms with Gasteiger partial charge in [-0.3, -0.25) is 9.97 Å². The van der Waals surface area contributed by atoms with Crippen LogP contribution in [-0.2, 0) is 12.2 Å². The Bertz CT molecular complexity index is 1570. The van der Waals surface area contributed by atoms with Crippen LogP contribution in [-0.4, -0.2) is 32.9 Å².